The highest BCUT2D eigenvalue weighted by molar-refractivity contribution is 6.42. The van der Waals surface area contributed by atoms with E-state index in [0.29, 0.717) is 10.0 Å². The first-order valence-corrected chi connectivity index (χ1v) is 6.43. The van der Waals surface area contributed by atoms with Gasteiger partial charge in [0.15, 0.2) is 0 Å². The molecule has 1 atom stereocenters. The summed E-state index contributed by atoms with van der Waals surface area (Å²) in [5.74, 6) is 0. The van der Waals surface area contributed by atoms with Gasteiger partial charge in [0.1, 0.15) is 0 Å². The van der Waals surface area contributed by atoms with Gasteiger partial charge in [-0.2, -0.15) is 15.0 Å². The van der Waals surface area contributed by atoms with Gasteiger partial charge in [0, 0.05) is 0 Å². The van der Waals surface area contributed by atoms with Gasteiger partial charge >= 0.3 is 0 Å². The molecular formula is C12H14Cl2N4. The maximum Gasteiger partial charge on any atom is 0.0978 e. The van der Waals surface area contributed by atoms with E-state index in [9.17, 15) is 0 Å². The van der Waals surface area contributed by atoms with E-state index < -0.39 is 0 Å². The second-order valence-electron chi connectivity index (χ2n) is 3.93. The first-order chi connectivity index (χ1) is 8.72. The summed E-state index contributed by atoms with van der Waals surface area (Å²) in [6.07, 6.45) is 4.22. The fourth-order valence-electron chi connectivity index (χ4n) is 1.80. The van der Waals surface area contributed by atoms with Gasteiger partial charge in [0.25, 0.3) is 0 Å². The number of rotatable bonds is 5. The molecule has 1 aromatic carbocycles. The SMILES string of the molecule is CNCC[C@H](c1ccc(Cl)c(Cl)c1)n1nccn1. The molecule has 0 bridgehead atoms. The smallest absolute Gasteiger partial charge is 0.0978 e. The predicted molar refractivity (Wildman–Crippen MR) is 73.2 cm³/mol. The van der Waals surface area contributed by atoms with E-state index in [4.69, 9.17) is 23.2 Å². The minimum atomic E-state index is 0.0576. The molecule has 0 unspecified atom stereocenters. The third-order valence-electron chi connectivity index (χ3n) is 2.71. The molecule has 1 heterocycles. The number of benzene rings is 1. The van der Waals surface area contributed by atoms with E-state index in [1.807, 2.05) is 19.2 Å². The molecule has 6 heteroatoms. The Morgan fingerprint density at radius 1 is 1.22 bits per heavy atom. The first-order valence-electron chi connectivity index (χ1n) is 5.67. The summed E-state index contributed by atoms with van der Waals surface area (Å²) in [7, 11) is 1.92. The number of nitrogens with one attached hydrogen (secondary N) is 1. The highest BCUT2D eigenvalue weighted by atomic mass is 35.5. The Bertz CT molecular complexity index is 499. The zero-order chi connectivity index (χ0) is 13.0. The van der Waals surface area contributed by atoms with Crippen molar-refractivity contribution in [1.82, 2.24) is 20.3 Å². The summed E-state index contributed by atoms with van der Waals surface area (Å²) >= 11 is 12.0. The summed E-state index contributed by atoms with van der Waals surface area (Å²) in [5.41, 5.74) is 1.05. The zero-order valence-electron chi connectivity index (χ0n) is 9.98. The standard InChI is InChI=1S/C12H14Cl2N4/c1-15-5-4-12(18-16-6-7-17-18)9-2-3-10(13)11(14)8-9/h2-3,6-8,12,15H,4-5H2,1H3/t12-/m1/s1. The number of halogens is 2. The molecule has 0 fully saturated rings. The summed E-state index contributed by atoms with van der Waals surface area (Å²) < 4.78 is 0. The van der Waals surface area contributed by atoms with E-state index in [1.165, 1.54) is 0 Å². The maximum atomic E-state index is 6.06. The van der Waals surface area contributed by atoms with E-state index in [-0.39, 0.29) is 6.04 Å². The fourth-order valence-corrected chi connectivity index (χ4v) is 2.11. The second kappa shape index (κ2) is 6.18. The molecule has 4 nitrogen and oxygen atoms in total. The zero-order valence-corrected chi connectivity index (χ0v) is 11.5. The fraction of sp³-hybridized carbons (Fsp3) is 0.333. The molecule has 0 aliphatic carbocycles. The molecule has 0 aliphatic heterocycles. The van der Waals surface area contributed by atoms with Crippen LogP contribution in [0.25, 0.3) is 0 Å². The van der Waals surface area contributed by atoms with Crippen molar-refractivity contribution >= 4 is 23.2 Å². The van der Waals surface area contributed by atoms with Crippen LogP contribution in [0.2, 0.25) is 10.0 Å². The van der Waals surface area contributed by atoms with Gasteiger partial charge in [-0.3, -0.25) is 0 Å². The van der Waals surface area contributed by atoms with Crippen molar-refractivity contribution in [1.29, 1.82) is 0 Å². The Morgan fingerprint density at radius 3 is 2.56 bits per heavy atom. The quantitative estimate of drug-likeness (QED) is 0.918. The Hall–Kier alpha value is -1.10. The molecule has 18 heavy (non-hydrogen) atoms. The third-order valence-corrected chi connectivity index (χ3v) is 3.45. The monoisotopic (exact) mass is 284 g/mol. The largest absolute Gasteiger partial charge is 0.320 e. The Kier molecular flexibility index (Phi) is 4.58. The van der Waals surface area contributed by atoms with Gasteiger partial charge in [0.2, 0.25) is 0 Å². The minimum absolute atomic E-state index is 0.0576. The number of nitrogens with zero attached hydrogens (tertiary/aromatic N) is 3. The van der Waals surface area contributed by atoms with Crippen molar-refractivity contribution in [3.63, 3.8) is 0 Å². The number of hydrogen-bond acceptors (Lipinski definition) is 3. The minimum Gasteiger partial charge on any atom is -0.320 e. The van der Waals surface area contributed by atoms with E-state index in [2.05, 4.69) is 15.5 Å². The summed E-state index contributed by atoms with van der Waals surface area (Å²) in [5, 5.41) is 12.6. The van der Waals surface area contributed by atoms with Crippen molar-refractivity contribution in [3.05, 3.63) is 46.2 Å². The average Bonchev–Trinajstić information content (AvgIpc) is 2.88. The van der Waals surface area contributed by atoms with Crippen LogP contribution < -0.4 is 5.32 Å². The summed E-state index contributed by atoms with van der Waals surface area (Å²) in [4.78, 5) is 1.69. The van der Waals surface area contributed by atoms with Gasteiger partial charge in [-0.05, 0) is 37.7 Å². The van der Waals surface area contributed by atoms with Crippen molar-refractivity contribution in [2.75, 3.05) is 13.6 Å². The lowest BCUT2D eigenvalue weighted by molar-refractivity contribution is 0.430. The van der Waals surface area contributed by atoms with Crippen LogP contribution in [0.15, 0.2) is 30.6 Å². The molecule has 0 saturated heterocycles. The molecule has 0 aliphatic rings. The first kappa shape index (κ1) is 13.3. The van der Waals surface area contributed by atoms with Crippen molar-refractivity contribution in [2.24, 2.45) is 0 Å². The van der Waals surface area contributed by atoms with Crippen LogP contribution >= 0.6 is 23.2 Å². The highest BCUT2D eigenvalue weighted by Crippen LogP contribution is 2.28. The average molecular weight is 285 g/mol. The molecule has 0 amide bonds. The third kappa shape index (κ3) is 3.02. The van der Waals surface area contributed by atoms with Gasteiger partial charge in [0.05, 0.1) is 28.5 Å². The molecule has 0 radical (unpaired) electrons. The van der Waals surface area contributed by atoms with E-state index >= 15 is 0 Å². The lowest BCUT2D eigenvalue weighted by Crippen LogP contribution is -2.19. The highest BCUT2D eigenvalue weighted by Gasteiger charge is 2.15. The maximum absolute atomic E-state index is 6.06. The van der Waals surface area contributed by atoms with Gasteiger partial charge in [-0.25, -0.2) is 0 Å². The summed E-state index contributed by atoms with van der Waals surface area (Å²) in [6, 6.07) is 5.68. The molecule has 96 valence electrons. The van der Waals surface area contributed by atoms with Gasteiger partial charge in [-0.15, -0.1) is 0 Å². The normalized spacial score (nSPS) is 12.6. The van der Waals surface area contributed by atoms with Crippen LogP contribution in [0.1, 0.15) is 18.0 Å². The van der Waals surface area contributed by atoms with Gasteiger partial charge in [-0.1, -0.05) is 29.3 Å². The van der Waals surface area contributed by atoms with Crippen molar-refractivity contribution in [2.45, 2.75) is 12.5 Å². The van der Waals surface area contributed by atoms with Crippen LogP contribution in [0.4, 0.5) is 0 Å². The molecular weight excluding hydrogens is 271 g/mol. The topological polar surface area (TPSA) is 42.7 Å². The lowest BCUT2D eigenvalue weighted by atomic mass is 10.0. The Balaban J connectivity index is 2.30. The second-order valence-corrected chi connectivity index (χ2v) is 4.75. The molecule has 2 aromatic rings. The van der Waals surface area contributed by atoms with Crippen LogP contribution in [-0.4, -0.2) is 28.6 Å². The van der Waals surface area contributed by atoms with Crippen LogP contribution in [-0.2, 0) is 0 Å². The molecule has 1 N–H and O–H groups in total. The van der Waals surface area contributed by atoms with Gasteiger partial charge < -0.3 is 5.32 Å². The summed E-state index contributed by atoms with van der Waals surface area (Å²) in [6.45, 7) is 0.868. The molecule has 1 aromatic heterocycles. The Morgan fingerprint density at radius 2 is 1.94 bits per heavy atom. The number of aromatic nitrogens is 3. The predicted octanol–water partition coefficient (Wildman–Crippen LogP) is 2.78. The Labute approximate surface area is 116 Å². The van der Waals surface area contributed by atoms with Crippen molar-refractivity contribution < 1.29 is 0 Å². The lowest BCUT2D eigenvalue weighted by Gasteiger charge is -2.17. The van der Waals surface area contributed by atoms with E-state index in [1.54, 1.807) is 23.3 Å². The van der Waals surface area contributed by atoms with Crippen LogP contribution in [0, 0.1) is 0 Å². The van der Waals surface area contributed by atoms with Crippen LogP contribution in [0.3, 0.4) is 0 Å². The molecule has 0 spiro atoms. The number of hydrogen-bond donors (Lipinski definition) is 1. The van der Waals surface area contributed by atoms with Crippen molar-refractivity contribution in [3.8, 4) is 0 Å². The molecule has 0 saturated carbocycles. The molecule has 2 rings (SSSR count). The van der Waals surface area contributed by atoms with Crippen LogP contribution in [0.5, 0.6) is 0 Å². The van der Waals surface area contributed by atoms with E-state index in [0.717, 1.165) is 18.5 Å².